The van der Waals surface area contributed by atoms with Crippen LogP contribution in [0.5, 0.6) is 0 Å². The number of carbonyl (C=O) groups is 1. The molecule has 6 nitrogen and oxygen atoms in total. The van der Waals surface area contributed by atoms with E-state index in [-0.39, 0.29) is 5.91 Å². The molecule has 1 fully saturated rings. The van der Waals surface area contributed by atoms with Gasteiger partial charge in [0.1, 0.15) is 0 Å². The normalized spacial score (nSPS) is 17.5. The molecular weight excluding hydrogens is 334 g/mol. The molecule has 1 unspecified atom stereocenters. The molecule has 25 heavy (non-hydrogen) atoms. The fourth-order valence-electron chi connectivity index (χ4n) is 2.83. The Kier molecular flexibility index (Phi) is 7.25. The van der Waals surface area contributed by atoms with E-state index < -0.39 is 5.41 Å². The van der Waals surface area contributed by atoms with E-state index in [2.05, 4.69) is 38.0 Å². The van der Waals surface area contributed by atoms with Gasteiger partial charge in [-0.3, -0.25) is 14.7 Å². The Hall–Kier alpha value is -1.60. The van der Waals surface area contributed by atoms with Crippen LogP contribution >= 0.6 is 11.3 Å². The number of carbonyl (C=O) groups excluding carboxylic acids is 1. The lowest BCUT2D eigenvalue weighted by Gasteiger charge is -2.28. The van der Waals surface area contributed by atoms with Crippen molar-refractivity contribution >= 4 is 23.2 Å². The standard InChI is InChI=1S/C18H31N5OS/c1-4-20-17(22-13-18(2,3)16(19)24)21-12-14(15-8-7-11-25-15)23-9-5-6-10-23/h7-8,11,14H,4-6,9-10,12-13H2,1-3H3,(H2,19,24)(H2,20,21,22). The van der Waals surface area contributed by atoms with Gasteiger partial charge in [0.25, 0.3) is 0 Å². The lowest BCUT2D eigenvalue weighted by molar-refractivity contribution is -0.125. The molecule has 1 amide bonds. The second kappa shape index (κ2) is 9.20. The maximum absolute atomic E-state index is 11.5. The number of nitrogens with zero attached hydrogens (tertiary/aromatic N) is 2. The zero-order chi connectivity index (χ0) is 18.3. The number of guanidine groups is 1. The number of nitrogens with one attached hydrogen (secondary N) is 2. The summed E-state index contributed by atoms with van der Waals surface area (Å²) in [5.74, 6) is 0.401. The van der Waals surface area contributed by atoms with Crippen molar-refractivity contribution in [2.75, 3.05) is 32.7 Å². The van der Waals surface area contributed by atoms with Crippen molar-refractivity contribution in [3.63, 3.8) is 0 Å². The molecule has 1 aliphatic heterocycles. The van der Waals surface area contributed by atoms with Crippen molar-refractivity contribution in [2.45, 2.75) is 39.7 Å². The number of amides is 1. The highest BCUT2D eigenvalue weighted by molar-refractivity contribution is 7.10. The predicted octanol–water partition coefficient (Wildman–Crippen LogP) is 1.95. The topological polar surface area (TPSA) is 82.7 Å². The van der Waals surface area contributed by atoms with Gasteiger partial charge in [0.2, 0.25) is 5.91 Å². The van der Waals surface area contributed by atoms with Gasteiger partial charge in [-0.2, -0.15) is 0 Å². The van der Waals surface area contributed by atoms with Crippen LogP contribution in [0.2, 0.25) is 0 Å². The highest BCUT2D eigenvalue weighted by atomic mass is 32.1. The molecule has 140 valence electrons. The van der Waals surface area contributed by atoms with E-state index in [0.717, 1.165) is 32.1 Å². The highest BCUT2D eigenvalue weighted by Crippen LogP contribution is 2.27. The summed E-state index contributed by atoms with van der Waals surface area (Å²) < 4.78 is 0. The number of hydrogen-bond acceptors (Lipinski definition) is 4. The number of thiophene rings is 1. The van der Waals surface area contributed by atoms with Gasteiger partial charge < -0.3 is 16.4 Å². The lowest BCUT2D eigenvalue weighted by atomic mass is 9.93. The molecule has 0 spiro atoms. The van der Waals surface area contributed by atoms with Gasteiger partial charge >= 0.3 is 0 Å². The second-order valence-electron chi connectivity index (χ2n) is 7.10. The van der Waals surface area contributed by atoms with Crippen LogP contribution in [0.4, 0.5) is 0 Å². The smallest absolute Gasteiger partial charge is 0.224 e. The number of primary amides is 1. The lowest BCUT2D eigenvalue weighted by Crippen LogP contribution is -2.43. The van der Waals surface area contributed by atoms with E-state index in [1.54, 1.807) is 11.3 Å². The van der Waals surface area contributed by atoms with Crippen LogP contribution in [-0.2, 0) is 4.79 Å². The third kappa shape index (κ3) is 5.71. The Morgan fingerprint density at radius 1 is 1.40 bits per heavy atom. The zero-order valence-corrected chi connectivity index (χ0v) is 16.4. The number of likely N-dealkylation sites (tertiary alicyclic amines) is 1. The van der Waals surface area contributed by atoms with Gasteiger partial charge in [0, 0.05) is 18.0 Å². The van der Waals surface area contributed by atoms with E-state index in [9.17, 15) is 4.79 Å². The van der Waals surface area contributed by atoms with Crippen LogP contribution in [-0.4, -0.2) is 49.5 Å². The summed E-state index contributed by atoms with van der Waals surface area (Å²) in [7, 11) is 0. The minimum absolute atomic E-state index is 0.333. The molecule has 1 saturated heterocycles. The summed E-state index contributed by atoms with van der Waals surface area (Å²) in [4.78, 5) is 20.0. The molecule has 7 heteroatoms. The van der Waals surface area contributed by atoms with Crippen molar-refractivity contribution in [3.8, 4) is 0 Å². The van der Waals surface area contributed by atoms with Crippen LogP contribution in [0.1, 0.15) is 44.5 Å². The number of nitrogens with two attached hydrogens (primary N) is 1. The first-order valence-corrected chi connectivity index (χ1v) is 9.91. The minimum Gasteiger partial charge on any atom is -0.369 e. The minimum atomic E-state index is -0.648. The maximum Gasteiger partial charge on any atom is 0.224 e. The average Bonchev–Trinajstić information content (AvgIpc) is 3.26. The van der Waals surface area contributed by atoms with Gasteiger partial charge in [-0.1, -0.05) is 6.07 Å². The molecule has 0 radical (unpaired) electrons. The monoisotopic (exact) mass is 365 g/mol. The fraction of sp³-hybridized carbons (Fsp3) is 0.667. The van der Waals surface area contributed by atoms with Crippen molar-refractivity contribution in [3.05, 3.63) is 22.4 Å². The Labute approximate surface area is 154 Å². The van der Waals surface area contributed by atoms with Crippen LogP contribution in [0.3, 0.4) is 0 Å². The van der Waals surface area contributed by atoms with Crippen molar-refractivity contribution in [2.24, 2.45) is 16.1 Å². The quantitative estimate of drug-likeness (QED) is 0.486. The Balaban J connectivity index is 2.03. The molecule has 0 aliphatic carbocycles. The van der Waals surface area contributed by atoms with Gasteiger partial charge in [0.15, 0.2) is 5.96 Å². The summed E-state index contributed by atoms with van der Waals surface area (Å²) >= 11 is 1.80. The second-order valence-corrected chi connectivity index (χ2v) is 8.08. The first-order valence-electron chi connectivity index (χ1n) is 9.03. The molecule has 4 N–H and O–H groups in total. The van der Waals surface area contributed by atoms with Crippen molar-refractivity contribution < 1.29 is 4.79 Å². The van der Waals surface area contributed by atoms with Crippen LogP contribution in [0.25, 0.3) is 0 Å². The van der Waals surface area contributed by atoms with E-state index >= 15 is 0 Å². The molecule has 1 aromatic rings. The SMILES string of the molecule is CCNC(=NCC(C)(C)C(N)=O)NCC(c1cccs1)N1CCCC1. The third-order valence-electron chi connectivity index (χ3n) is 4.56. The van der Waals surface area contributed by atoms with Crippen molar-refractivity contribution in [1.82, 2.24) is 15.5 Å². The van der Waals surface area contributed by atoms with E-state index in [1.165, 1.54) is 17.7 Å². The summed E-state index contributed by atoms with van der Waals surface area (Å²) in [6, 6.07) is 4.67. The largest absolute Gasteiger partial charge is 0.369 e. The van der Waals surface area contributed by atoms with Crippen molar-refractivity contribution in [1.29, 1.82) is 0 Å². The van der Waals surface area contributed by atoms with Gasteiger partial charge in [0.05, 0.1) is 18.0 Å². The van der Waals surface area contributed by atoms with E-state index in [1.807, 2.05) is 20.8 Å². The predicted molar refractivity (Wildman–Crippen MR) is 105 cm³/mol. The van der Waals surface area contributed by atoms with Gasteiger partial charge in [-0.25, -0.2) is 0 Å². The van der Waals surface area contributed by atoms with E-state index in [0.29, 0.717) is 12.6 Å². The number of aliphatic imine (C=N–C) groups is 1. The Bertz CT molecular complexity index is 564. The summed E-state index contributed by atoms with van der Waals surface area (Å²) in [5, 5.41) is 8.84. The maximum atomic E-state index is 11.5. The molecule has 0 saturated carbocycles. The highest BCUT2D eigenvalue weighted by Gasteiger charge is 2.26. The zero-order valence-electron chi connectivity index (χ0n) is 15.5. The summed E-state index contributed by atoms with van der Waals surface area (Å²) in [6.07, 6.45) is 2.53. The first kappa shape index (κ1) is 19.7. The van der Waals surface area contributed by atoms with Crippen LogP contribution < -0.4 is 16.4 Å². The third-order valence-corrected chi connectivity index (χ3v) is 5.53. The van der Waals surface area contributed by atoms with Crippen LogP contribution in [0, 0.1) is 5.41 Å². The van der Waals surface area contributed by atoms with E-state index in [4.69, 9.17) is 5.73 Å². The fourth-order valence-corrected chi connectivity index (χ4v) is 3.69. The Morgan fingerprint density at radius 2 is 2.12 bits per heavy atom. The number of rotatable bonds is 8. The van der Waals surface area contributed by atoms with Crippen LogP contribution in [0.15, 0.2) is 22.5 Å². The molecule has 1 atom stereocenters. The van der Waals surface area contributed by atoms with Gasteiger partial charge in [-0.15, -0.1) is 11.3 Å². The van der Waals surface area contributed by atoms with Gasteiger partial charge in [-0.05, 0) is 58.1 Å². The molecule has 2 heterocycles. The molecule has 0 bridgehead atoms. The summed E-state index contributed by atoms with van der Waals surface area (Å²) in [5.41, 5.74) is 4.80. The molecule has 2 rings (SSSR count). The molecule has 1 aromatic heterocycles. The first-order chi connectivity index (χ1) is 11.9. The molecule has 1 aliphatic rings. The Morgan fingerprint density at radius 3 is 2.68 bits per heavy atom. The average molecular weight is 366 g/mol. The summed E-state index contributed by atoms with van der Waals surface area (Å²) in [6.45, 7) is 9.90. The molecular formula is C18H31N5OS. The molecule has 0 aromatic carbocycles. The number of hydrogen-bond donors (Lipinski definition) is 3.